The molecule has 30 heavy (non-hydrogen) atoms. The molecule has 8 heteroatoms. The van der Waals surface area contributed by atoms with E-state index in [9.17, 15) is 19.8 Å². The molecule has 0 spiro atoms. The first-order valence-electron chi connectivity index (χ1n) is 9.22. The number of hydrogen-bond acceptors (Lipinski definition) is 5. The van der Waals surface area contributed by atoms with Crippen LogP contribution in [0.15, 0.2) is 48.7 Å². The van der Waals surface area contributed by atoms with Crippen molar-refractivity contribution in [3.05, 3.63) is 65.5 Å². The Morgan fingerprint density at radius 2 is 1.97 bits per heavy atom. The molecule has 8 nitrogen and oxygen atoms in total. The fourth-order valence-electron chi connectivity index (χ4n) is 3.79. The number of carboxylic acid groups (broad SMARTS) is 1. The zero-order valence-electron chi connectivity index (χ0n) is 16.4. The molecule has 2 aromatic carbocycles. The van der Waals surface area contributed by atoms with Crippen molar-refractivity contribution in [3.63, 3.8) is 0 Å². The smallest absolute Gasteiger partial charge is 0.339 e. The number of nitrogens with one attached hydrogen (secondary N) is 1. The van der Waals surface area contributed by atoms with E-state index in [1.54, 1.807) is 42.0 Å². The van der Waals surface area contributed by atoms with Gasteiger partial charge in [0.1, 0.15) is 11.3 Å². The third kappa shape index (κ3) is 3.22. The fraction of sp³-hybridized carbons (Fsp3) is 0.182. The largest absolute Gasteiger partial charge is 0.504 e. The topological polar surface area (TPSA) is 110 Å². The van der Waals surface area contributed by atoms with Gasteiger partial charge in [-0.15, -0.1) is 0 Å². The fourth-order valence-corrected chi connectivity index (χ4v) is 3.79. The van der Waals surface area contributed by atoms with Crippen molar-refractivity contribution in [2.75, 3.05) is 19.5 Å². The standard InChI is InChI=1S/C22H20N2O6/c1-29-14-5-3-4-13(9-14)24-11-16(22(27)28)20-21(24)15(10-19(26)23-20)12-6-7-17(25)18(8-12)30-2/h3-9,11,15,25H,10H2,1-2H3,(H,23,26)(H,27,28)/t15-/m1/s1. The Balaban J connectivity index is 1.96. The van der Waals surface area contributed by atoms with Crippen LogP contribution in [0.3, 0.4) is 0 Å². The lowest BCUT2D eigenvalue weighted by Gasteiger charge is -2.26. The molecule has 1 aromatic heterocycles. The van der Waals surface area contributed by atoms with Crippen molar-refractivity contribution in [2.45, 2.75) is 12.3 Å². The van der Waals surface area contributed by atoms with Gasteiger partial charge < -0.3 is 29.6 Å². The maximum atomic E-state index is 12.4. The van der Waals surface area contributed by atoms with Crippen LogP contribution in [0.1, 0.15) is 34.0 Å². The molecule has 2 heterocycles. The lowest BCUT2D eigenvalue weighted by Crippen LogP contribution is -2.25. The van der Waals surface area contributed by atoms with Crippen LogP contribution in [0.25, 0.3) is 5.69 Å². The molecule has 0 unspecified atom stereocenters. The number of phenols is 1. The lowest BCUT2D eigenvalue weighted by atomic mass is 9.88. The Morgan fingerprint density at radius 1 is 1.17 bits per heavy atom. The van der Waals surface area contributed by atoms with Gasteiger partial charge in [0.2, 0.25) is 5.91 Å². The van der Waals surface area contributed by atoms with Gasteiger partial charge in [-0.3, -0.25) is 4.79 Å². The summed E-state index contributed by atoms with van der Waals surface area (Å²) < 4.78 is 12.3. The van der Waals surface area contributed by atoms with Crippen LogP contribution in [0.4, 0.5) is 5.69 Å². The molecular weight excluding hydrogens is 388 g/mol. The van der Waals surface area contributed by atoms with Crippen LogP contribution in [0.2, 0.25) is 0 Å². The number of carbonyl (C=O) groups is 2. The maximum Gasteiger partial charge on any atom is 0.339 e. The first kappa shape index (κ1) is 19.4. The van der Waals surface area contributed by atoms with Crippen molar-refractivity contribution in [1.29, 1.82) is 0 Å². The van der Waals surface area contributed by atoms with Crippen LogP contribution in [-0.2, 0) is 4.79 Å². The zero-order chi connectivity index (χ0) is 21.4. The molecule has 0 bridgehead atoms. The zero-order valence-corrected chi connectivity index (χ0v) is 16.4. The summed E-state index contributed by atoms with van der Waals surface area (Å²) in [6, 6.07) is 12.1. The molecule has 1 aliphatic heterocycles. The lowest BCUT2D eigenvalue weighted by molar-refractivity contribution is -0.116. The van der Waals surface area contributed by atoms with Gasteiger partial charge >= 0.3 is 5.97 Å². The van der Waals surface area contributed by atoms with E-state index in [2.05, 4.69) is 5.32 Å². The third-order valence-corrected chi connectivity index (χ3v) is 5.20. The number of nitrogens with zero attached hydrogens (tertiary/aromatic N) is 1. The van der Waals surface area contributed by atoms with Crippen LogP contribution in [0.5, 0.6) is 17.2 Å². The van der Waals surface area contributed by atoms with Gasteiger partial charge in [0.15, 0.2) is 11.5 Å². The molecule has 1 amide bonds. The van der Waals surface area contributed by atoms with E-state index in [0.29, 0.717) is 17.1 Å². The highest BCUT2D eigenvalue weighted by atomic mass is 16.5. The number of anilines is 1. The van der Waals surface area contributed by atoms with Gasteiger partial charge in [0, 0.05) is 30.3 Å². The van der Waals surface area contributed by atoms with E-state index < -0.39 is 11.9 Å². The van der Waals surface area contributed by atoms with Gasteiger partial charge in [0.05, 0.1) is 25.6 Å². The Hall–Kier alpha value is -3.94. The van der Waals surface area contributed by atoms with Crippen molar-refractivity contribution in [1.82, 2.24) is 4.57 Å². The average Bonchev–Trinajstić information content (AvgIpc) is 3.13. The summed E-state index contributed by atoms with van der Waals surface area (Å²) in [7, 11) is 3.00. The van der Waals surface area contributed by atoms with Gasteiger partial charge in [-0.05, 0) is 29.8 Å². The molecule has 0 saturated carbocycles. The number of methoxy groups -OCH3 is 2. The number of carbonyl (C=O) groups excluding carboxylic acids is 1. The highest BCUT2D eigenvalue weighted by molar-refractivity contribution is 6.04. The number of hydrogen-bond donors (Lipinski definition) is 3. The SMILES string of the molecule is COc1cccc(-n2cc(C(=O)O)c3c2[C@@H](c2ccc(O)c(OC)c2)CC(=O)N3)c1. The second-order valence-electron chi connectivity index (χ2n) is 6.92. The summed E-state index contributed by atoms with van der Waals surface area (Å²) in [6.45, 7) is 0. The van der Waals surface area contributed by atoms with Gasteiger partial charge in [-0.25, -0.2) is 4.79 Å². The van der Waals surface area contributed by atoms with E-state index in [1.165, 1.54) is 19.4 Å². The molecule has 4 rings (SSSR count). The minimum absolute atomic E-state index is 0.00314. The monoisotopic (exact) mass is 408 g/mol. The highest BCUT2D eigenvalue weighted by Crippen LogP contribution is 2.43. The molecular formula is C22H20N2O6. The summed E-state index contributed by atoms with van der Waals surface area (Å²) in [5, 5.41) is 22.4. The minimum Gasteiger partial charge on any atom is -0.504 e. The molecule has 3 aromatic rings. The Bertz CT molecular complexity index is 1150. The number of rotatable bonds is 5. The van der Waals surface area contributed by atoms with Gasteiger partial charge in [0.25, 0.3) is 0 Å². The first-order chi connectivity index (χ1) is 14.4. The van der Waals surface area contributed by atoms with E-state index in [4.69, 9.17) is 9.47 Å². The third-order valence-electron chi connectivity index (χ3n) is 5.20. The molecule has 0 saturated heterocycles. The van der Waals surface area contributed by atoms with Crippen LogP contribution in [0, 0.1) is 0 Å². The van der Waals surface area contributed by atoms with Crippen LogP contribution >= 0.6 is 0 Å². The Morgan fingerprint density at radius 3 is 2.67 bits per heavy atom. The molecule has 0 aliphatic carbocycles. The van der Waals surface area contributed by atoms with Crippen molar-refractivity contribution in [2.24, 2.45) is 0 Å². The number of benzene rings is 2. The number of aromatic hydroxyl groups is 1. The Kier molecular flexibility index (Phi) is 4.83. The second kappa shape index (κ2) is 7.47. The number of fused-ring (bicyclic) bond motifs is 1. The number of carboxylic acids is 1. The summed E-state index contributed by atoms with van der Waals surface area (Å²) in [4.78, 5) is 24.3. The summed E-state index contributed by atoms with van der Waals surface area (Å²) >= 11 is 0. The predicted octanol–water partition coefficient (Wildman–Crippen LogP) is 3.37. The maximum absolute atomic E-state index is 12.4. The van der Waals surface area contributed by atoms with Crippen LogP contribution in [-0.4, -0.2) is 40.9 Å². The Labute approximate surface area is 172 Å². The number of amides is 1. The summed E-state index contributed by atoms with van der Waals surface area (Å²) in [5.41, 5.74) is 2.31. The van der Waals surface area contributed by atoms with E-state index in [-0.39, 0.29) is 35.1 Å². The number of phenolic OH excluding ortho intramolecular Hbond substituents is 1. The minimum atomic E-state index is -1.14. The number of aromatic carboxylic acids is 1. The quantitative estimate of drug-likeness (QED) is 0.597. The molecule has 0 radical (unpaired) electrons. The molecule has 1 aliphatic rings. The van der Waals surface area contributed by atoms with Gasteiger partial charge in [-0.1, -0.05) is 12.1 Å². The predicted molar refractivity (Wildman–Crippen MR) is 109 cm³/mol. The molecule has 154 valence electrons. The van der Waals surface area contributed by atoms with Crippen molar-refractivity contribution >= 4 is 17.6 Å². The second-order valence-corrected chi connectivity index (χ2v) is 6.92. The van der Waals surface area contributed by atoms with Crippen molar-refractivity contribution < 1.29 is 29.3 Å². The normalized spacial score (nSPS) is 15.3. The first-order valence-corrected chi connectivity index (χ1v) is 9.22. The van der Waals surface area contributed by atoms with E-state index in [1.807, 2.05) is 6.07 Å². The van der Waals surface area contributed by atoms with Crippen LogP contribution < -0.4 is 14.8 Å². The highest BCUT2D eigenvalue weighted by Gasteiger charge is 2.34. The van der Waals surface area contributed by atoms with E-state index in [0.717, 1.165) is 5.56 Å². The van der Waals surface area contributed by atoms with Gasteiger partial charge in [-0.2, -0.15) is 0 Å². The van der Waals surface area contributed by atoms with E-state index >= 15 is 0 Å². The summed E-state index contributed by atoms with van der Waals surface area (Å²) in [5.74, 6) is -0.992. The number of aromatic nitrogens is 1. The molecule has 1 atom stereocenters. The van der Waals surface area contributed by atoms with Crippen molar-refractivity contribution in [3.8, 4) is 22.9 Å². The molecule has 3 N–H and O–H groups in total. The molecule has 0 fully saturated rings. The average molecular weight is 408 g/mol. The number of ether oxygens (including phenoxy) is 2. The summed E-state index contributed by atoms with van der Waals surface area (Å²) in [6.07, 6.45) is 1.62.